The number of nitro groups is 4. The SMILES string of the molecule is CC(OCc1cn([C@H]2CC(O)[C@@H](CO)O2)c(=O)[nH]c1=O)c1ccccc1[N+](=O)[O-].CC[C@H]1O[C@@H](n2cc(COC(C)c3ccccc3[N+](=O)[O-])c(=O)[nH]c2=O)CC1O[Si](C)(C)C(C)(C)C.CC[C@H]1O[C@@H](n2cc(COC(C)c3ccccc3[N+](=O)[O-])c(N)nc2=O)CC1O[Si](C)(C)C(C)(C)C.CC[C@H]1O[C@@H](n2cc(COC(C)c3ccccc3[N+](=O)[O-])c(OS(=O)[O-])nc2=O)CC1O[Si](C)(C)C(C)(C)C.[Ar]. The second kappa shape index (κ2) is 50.0. The molecule has 4 aliphatic heterocycles. The van der Waals surface area contributed by atoms with E-state index in [1.165, 1.54) is 56.6 Å². The van der Waals surface area contributed by atoms with Gasteiger partial charge < -0.3 is 75.9 Å². The third-order valence-corrected chi connectivity index (χ3v) is 40.5. The first-order valence-corrected chi connectivity index (χ1v) is 56.0. The Morgan fingerprint density at radius 2 is 0.723 bits per heavy atom. The predicted molar refractivity (Wildman–Crippen MR) is 523 cm³/mol. The van der Waals surface area contributed by atoms with Crippen LogP contribution < -0.4 is 43.8 Å². The molecule has 4 saturated heterocycles. The number of aromatic nitrogens is 8. The quantitative estimate of drug-likeness (QED) is 0.0105. The van der Waals surface area contributed by atoms with Gasteiger partial charge in [0.25, 0.3) is 33.9 Å². The molecule has 6 N–H and O–H groups in total. The molecule has 0 amide bonds. The number of aliphatic hydroxyl groups excluding tert-OH is 2. The van der Waals surface area contributed by atoms with Crippen LogP contribution in [0, 0.1) is 78.2 Å². The zero-order valence-corrected chi connectivity index (χ0v) is 87.9. The van der Waals surface area contributed by atoms with Crippen LogP contribution in [-0.2, 0) is 89.0 Å². The number of H-pyrrole nitrogens is 2. The number of nitrogens with zero attached hydrogens (tertiary/aromatic N) is 10. The summed E-state index contributed by atoms with van der Waals surface area (Å²) in [4.78, 5) is 131. The summed E-state index contributed by atoms with van der Waals surface area (Å²) in [6.07, 6.45) is 1.34. The number of nitrogen functional groups attached to an aromatic ring is 1. The van der Waals surface area contributed by atoms with Crippen LogP contribution in [0.25, 0.3) is 0 Å². The maximum absolute atomic E-state index is 12.9. The fourth-order valence-corrected chi connectivity index (χ4v) is 19.8. The third-order valence-electron chi connectivity index (χ3n) is 26.6. The Labute approximate surface area is 851 Å². The molecule has 141 heavy (non-hydrogen) atoms. The molecule has 4 aromatic carbocycles. The summed E-state index contributed by atoms with van der Waals surface area (Å²) in [6, 6.07) is 25.0. The fraction of sp³-hybridized carbons (Fsp3) is 0.570. The van der Waals surface area contributed by atoms with Crippen LogP contribution >= 0.6 is 0 Å². The van der Waals surface area contributed by atoms with Crippen LogP contribution in [0.4, 0.5) is 28.6 Å². The molecule has 0 bridgehead atoms. The number of ether oxygens (including phenoxy) is 8. The number of aliphatic hydroxyl groups is 2. The van der Waals surface area contributed by atoms with Gasteiger partial charge in [0.05, 0.1) is 159 Å². The molecule has 0 aliphatic carbocycles. The first-order chi connectivity index (χ1) is 65.4. The molecule has 776 valence electrons. The summed E-state index contributed by atoms with van der Waals surface area (Å²) in [5, 5.41) is 64.4. The molecule has 17 atom stereocenters. The Hall–Kier alpha value is -9.30. The van der Waals surface area contributed by atoms with Crippen molar-refractivity contribution < 1.29 is 132 Å². The van der Waals surface area contributed by atoms with E-state index in [1.54, 1.807) is 107 Å². The minimum absolute atomic E-state index is 0. The predicted octanol–water partition coefficient (Wildman–Crippen LogP) is 15.0. The summed E-state index contributed by atoms with van der Waals surface area (Å²) < 4.78 is 99.7. The second-order valence-electron chi connectivity index (χ2n) is 39.3. The molecule has 8 aromatic rings. The average molecular weight is 2070 g/mol. The van der Waals surface area contributed by atoms with E-state index in [0.29, 0.717) is 53.5 Å². The third kappa shape index (κ3) is 30.0. The maximum atomic E-state index is 12.9. The molecule has 0 saturated carbocycles. The standard InChI is InChI=1S/C25H38N4O6Si.C25H37N3O9SSi.C25H37N3O7Si.C18H21N3O8.Ar/c1-8-20-21(35-36(6,7)25(3,4)5)13-22(34-20)28-14-17(23(26)27-24(28)30)15-33-16(2)18-11-9-10-12-19(18)29(31)32;1-8-20-21(37-39(6,7)25(3,4)5)13-22(35-20)27-14-17(23(26-24(27)29)36-38(32)33)15-34-16(2)18-11-9-10-12-19(18)28(30)31;1-8-20-21(35-36(6,7)25(3,4)5)13-22(34-20)27-14-17(23(29)26-24(27)30)15-33-16(2)18-11-9-10-12-19(18)28(31)32;1-10(12-4-2-3-5-13(12)21(26)27)28-9-11-7-20(18(25)19-17(11)24)16-6-14(23)15(8-22)29-16;/h9-12,14,16,20-22H,8,13,15H2,1-7H3,(H2,26,27,30);9-12,14,16,20-22H,8,13,15H2,1-7H3,(H,32,33);9-12,14,16,20-22H,8,13,15H2,1-7H3,(H,26,29,30);2-5,7,10,14-16,22-23H,6,8-9H2,1H3,(H,19,24,25);/p-1/t3*16?,20-,21?,22-;10?,14?,15-,16-;/m1111./s1. The van der Waals surface area contributed by atoms with E-state index in [-0.39, 0.29) is 168 Å². The average Bonchev–Trinajstić information content (AvgIpc) is 1.66. The molecule has 0 radical (unpaired) electrons. The van der Waals surface area contributed by atoms with Gasteiger partial charge in [-0.3, -0.25) is 78.3 Å². The van der Waals surface area contributed by atoms with Crippen LogP contribution in [0.2, 0.25) is 54.4 Å². The summed E-state index contributed by atoms with van der Waals surface area (Å²) >= 11 is -2.99. The first-order valence-electron chi connectivity index (χ1n) is 46.3. The largest absolute Gasteiger partial charge is 0.740 e. The smallest absolute Gasteiger partial charge is 0.353 e. The van der Waals surface area contributed by atoms with E-state index in [2.05, 4.69) is 122 Å². The van der Waals surface area contributed by atoms with Crippen molar-refractivity contribution in [3.05, 3.63) is 269 Å². The molecule has 9 unspecified atom stereocenters. The number of para-hydroxylation sites is 4. The molecular formula is C93H132ArN13O30SSi3-. The van der Waals surface area contributed by atoms with Gasteiger partial charge in [-0.1, -0.05) is 132 Å². The normalized spacial score (nSPS) is 21.5. The molecular weight excluding hydrogens is 1940 g/mol. The number of rotatable bonds is 36. The molecule has 4 aliphatic rings. The molecule has 8 heterocycles. The zero-order chi connectivity index (χ0) is 104. The summed E-state index contributed by atoms with van der Waals surface area (Å²) in [5.74, 6) is -0.372. The number of hydrogen-bond acceptors (Lipinski definition) is 33. The Morgan fingerprint density at radius 1 is 0.454 bits per heavy atom. The molecule has 43 nitrogen and oxygen atoms in total. The Balaban J connectivity index is 0.000000231. The number of nitrogens with one attached hydrogen (secondary N) is 2. The van der Waals surface area contributed by atoms with Gasteiger partial charge in [0, 0.05) is 118 Å². The monoisotopic (exact) mass is 2070 g/mol. The molecule has 4 fully saturated rings. The van der Waals surface area contributed by atoms with Crippen molar-refractivity contribution in [3.63, 3.8) is 0 Å². The van der Waals surface area contributed by atoms with Gasteiger partial charge in [0.15, 0.2) is 25.0 Å². The van der Waals surface area contributed by atoms with Gasteiger partial charge in [-0.25, -0.2) is 23.4 Å². The van der Waals surface area contributed by atoms with Crippen molar-refractivity contribution in [2.24, 2.45) is 0 Å². The van der Waals surface area contributed by atoms with Crippen LogP contribution in [0.1, 0.15) is 250 Å². The van der Waals surface area contributed by atoms with E-state index in [1.807, 2.05) is 20.8 Å². The summed E-state index contributed by atoms with van der Waals surface area (Å²) in [7, 11) is -6.21. The first kappa shape index (κ1) is 117. The molecule has 4 aromatic heterocycles. The van der Waals surface area contributed by atoms with Gasteiger partial charge in [0.1, 0.15) is 48.2 Å². The Morgan fingerprint density at radius 3 is 1.01 bits per heavy atom. The molecule has 48 heteroatoms. The van der Waals surface area contributed by atoms with E-state index in [0.717, 1.165) is 17.4 Å². The van der Waals surface area contributed by atoms with Crippen molar-refractivity contribution in [1.29, 1.82) is 0 Å². The van der Waals surface area contributed by atoms with Crippen LogP contribution in [0.15, 0.2) is 151 Å². The summed E-state index contributed by atoms with van der Waals surface area (Å²) in [6.45, 7) is 44.4. The van der Waals surface area contributed by atoms with Crippen molar-refractivity contribution in [1.82, 2.24) is 38.2 Å². The van der Waals surface area contributed by atoms with E-state index in [9.17, 15) is 88.2 Å². The van der Waals surface area contributed by atoms with Crippen LogP contribution in [0.3, 0.4) is 0 Å². The van der Waals surface area contributed by atoms with Crippen LogP contribution in [-0.4, -0.2) is 157 Å². The minimum atomic E-state index is -2.99. The zero-order valence-electron chi connectivity index (χ0n) is 83.4. The van der Waals surface area contributed by atoms with Crippen molar-refractivity contribution in [3.8, 4) is 5.88 Å². The topological polar surface area (TPSA) is 569 Å². The van der Waals surface area contributed by atoms with Crippen molar-refractivity contribution in [2.45, 2.75) is 335 Å². The fourth-order valence-electron chi connectivity index (χ4n) is 15.5. The van der Waals surface area contributed by atoms with Gasteiger partial charge in [0.2, 0.25) is 5.88 Å². The molecule has 0 spiro atoms. The van der Waals surface area contributed by atoms with Gasteiger partial charge >= 0.3 is 22.8 Å². The van der Waals surface area contributed by atoms with Gasteiger partial charge in [-0.2, -0.15) is 9.97 Å². The number of hydrogen-bond donors (Lipinski definition) is 5. The van der Waals surface area contributed by atoms with Crippen LogP contribution in [0.5, 0.6) is 5.88 Å². The van der Waals surface area contributed by atoms with E-state index >= 15 is 0 Å². The minimum Gasteiger partial charge on any atom is -0.740 e. The Bertz CT molecular complexity index is 6060. The Kier molecular flexibility index (Phi) is 41.5. The van der Waals surface area contributed by atoms with Gasteiger partial charge in [-0.15, -0.1) is 0 Å². The maximum Gasteiger partial charge on any atom is 0.353 e. The van der Waals surface area contributed by atoms with E-state index in [4.69, 9.17) is 61.1 Å². The number of aromatic amines is 2. The number of anilines is 1. The van der Waals surface area contributed by atoms with Crippen molar-refractivity contribution >= 4 is 64.9 Å². The van der Waals surface area contributed by atoms with E-state index < -0.39 is 164 Å². The summed E-state index contributed by atoms with van der Waals surface area (Å²) in [5.41, 5.74) is 4.56. The number of nitro benzene ring substituents is 4. The second-order valence-corrected chi connectivity index (χ2v) is 54.1. The number of benzene rings is 4. The van der Waals surface area contributed by atoms with Gasteiger partial charge in [-0.05, 0) is 126 Å². The van der Waals surface area contributed by atoms with Crippen molar-refractivity contribution in [2.75, 3.05) is 12.3 Å². The number of nitrogens with two attached hydrogens (primary N) is 1. The molecule has 12 rings (SSSR count).